The maximum atomic E-state index is 11.4. The van der Waals surface area contributed by atoms with E-state index in [0.717, 1.165) is 0 Å². The van der Waals surface area contributed by atoms with Gasteiger partial charge in [0, 0.05) is 18.3 Å². The number of nitrogens with one attached hydrogen (secondary N) is 1. The fourth-order valence-corrected chi connectivity index (χ4v) is 1.19. The molecule has 1 aromatic heterocycles. The van der Waals surface area contributed by atoms with Gasteiger partial charge in [-0.1, -0.05) is 6.07 Å². The third kappa shape index (κ3) is 3.44. The Balaban J connectivity index is 2.61. The van der Waals surface area contributed by atoms with Crippen LogP contribution in [0.1, 0.15) is 12.5 Å². The lowest BCUT2D eigenvalue weighted by atomic mass is 10.1. The van der Waals surface area contributed by atoms with Gasteiger partial charge in [0.25, 0.3) is 0 Å². The number of rotatable bonds is 5. The molecule has 1 aromatic rings. The number of ether oxygens (including phenoxy) is 1. The van der Waals surface area contributed by atoms with Gasteiger partial charge in [0.1, 0.15) is 5.92 Å². The van der Waals surface area contributed by atoms with Gasteiger partial charge in [-0.25, -0.2) is 4.98 Å². The van der Waals surface area contributed by atoms with Crippen molar-refractivity contribution in [3.8, 4) is 5.88 Å². The van der Waals surface area contributed by atoms with Gasteiger partial charge >= 0.3 is 5.97 Å². The van der Waals surface area contributed by atoms with E-state index in [9.17, 15) is 9.59 Å². The van der Waals surface area contributed by atoms with E-state index in [0.29, 0.717) is 11.4 Å². The van der Waals surface area contributed by atoms with E-state index < -0.39 is 17.8 Å². The largest absolute Gasteiger partial charge is 0.481 e. The van der Waals surface area contributed by atoms with Crippen molar-refractivity contribution in [2.45, 2.75) is 13.5 Å². The maximum absolute atomic E-state index is 11.4. The third-order valence-electron chi connectivity index (χ3n) is 2.26. The van der Waals surface area contributed by atoms with Crippen molar-refractivity contribution >= 4 is 11.9 Å². The van der Waals surface area contributed by atoms with Crippen molar-refractivity contribution in [1.29, 1.82) is 0 Å². The van der Waals surface area contributed by atoms with Gasteiger partial charge in [0.15, 0.2) is 0 Å². The second-order valence-corrected chi connectivity index (χ2v) is 3.45. The molecule has 0 aliphatic heterocycles. The number of aliphatic carboxylic acids is 1. The van der Waals surface area contributed by atoms with Gasteiger partial charge in [0.05, 0.1) is 7.11 Å². The van der Waals surface area contributed by atoms with Gasteiger partial charge in [-0.2, -0.15) is 0 Å². The minimum absolute atomic E-state index is 0.188. The fraction of sp³-hybridized carbons (Fsp3) is 0.364. The van der Waals surface area contributed by atoms with Crippen molar-refractivity contribution in [2.24, 2.45) is 5.92 Å². The van der Waals surface area contributed by atoms with Crippen LogP contribution in [0.5, 0.6) is 5.88 Å². The van der Waals surface area contributed by atoms with E-state index in [1.54, 1.807) is 18.3 Å². The second-order valence-electron chi connectivity index (χ2n) is 3.45. The van der Waals surface area contributed by atoms with E-state index in [2.05, 4.69) is 10.3 Å². The Morgan fingerprint density at radius 3 is 2.88 bits per heavy atom. The summed E-state index contributed by atoms with van der Waals surface area (Å²) in [6, 6.07) is 3.46. The molecule has 0 saturated heterocycles. The highest BCUT2D eigenvalue weighted by atomic mass is 16.5. The minimum atomic E-state index is -1.15. The molecule has 1 atom stereocenters. The Morgan fingerprint density at radius 2 is 2.29 bits per heavy atom. The molecule has 0 saturated carbocycles. The zero-order chi connectivity index (χ0) is 12.8. The molecule has 1 rings (SSSR count). The first-order valence-electron chi connectivity index (χ1n) is 5.04. The van der Waals surface area contributed by atoms with E-state index in [-0.39, 0.29) is 6.54 Å². The Kier molecular flexibility index (Phi) is 4.45. The molecule has 0 aliphatic carbocycles. The maximum Gasteiger partial charge on any atom is 0.315 e. The molecule has 6 heteroatoms. The number of carbonyl (C=O) groups excluding carboxylic acids is 1. The molecule has 1 unspecified atom stereocenters. The first-order chi connectivity index (χ1) is 8.06. The molecule has 6 nitrogen and oxygen atoms in total. The summed E-state index contributed by atoms with van der Waals surface area (Å²) >= 11 is 0. The smallest absolute Gasteiger partial charge is 0.315 e. The summed E-state index contributed by atoms with van der Waals surface area (Å²) in [5.41, 5.74) is 0.695. The van der Waals surface area contributed by atoms with Crippen LogP contribution in [0.4, 0.5) is 0 Å². The number of hydrogen-bond acceptors (Lipinski definition) is 4. The highest BCUT2D eigenvalue weighted by Crippen LogP contribution is 2.13. The van der Waals surface area contributed by atoms with E-state index in [1.807, 2.05) is 0 Å². The predicted molar refractivity (Wildman–Crippen MR) is 59.4 cm³/mol. The van der Waals surface area contributed by atoms with Crippen LogP contribution in [0.2, 0.25) is 0 Å². The summed E-state index contributed by atoms with van der Waals surface area (Å²) in [4.78, 5) is 25.9. The van der Waals surface area contributed by atoms with Crippen LogP contribution < -0.4 is 10.1 Å². The summed E-state index contributed by atoms with van der Waals surface area (Å²) in [7, 11) is 1.48. The van der Waals surface area contributed by atoms with Crippen LogP contribution in [0.15, 0.2) is 18.3 Å². The number of nitrogens with zero attached hydrogens (tertiary/aromatic N) is 1. The van der Waals surface area contributed by atoms with E-state index in [4.69, 9.17) is 9.84 Å². The number of carboxylic acids is 1. The van der Waals surface area contributed by atoms with Crippen molar-refractivity contribution in [1.82, 2.24) is 10.3 Å². The van der Waals surface area contributed by atoms with Crippen molar-refractivity contribution in [3.63, 3.8) is 0 Å². The standard InChI is InChI=1S/C11H14N2O4/c1-7(11(15)16)9(14)13-6-8-4-3-5-12-10(8)17-2/h3-5,7H,6H2,1-2H3,(H,13,14)(H,15,16). The van der Waals surface area contributed by atoms with Gasteiger partial charge in [-0.3, -0.25) is 9.59 Å². The number of hydrogen-bond donors (Lipinski definition) is 2. The molecule has 17 heavy (non-hydrogen) atoms. The number of carboxylic acid groups (broad SMARTS) is 1. The molecule has 0 spiro atoms. The monoisotopic (exact) mass is 238 g/mol. The summed E-state index contributed by atoms with van der Waals surface area (Å²) in [5, 5.41) is 11.2. The molecule has 0 fully saturated rings. The summed E-state index contributed by atoms with van der Waals surface area (Å²) in [6.45, 7) is 1.52. The van der Waals surface area contributed by atoms with Gasteiger partial charge < -0.3 is 15.2 Å². The molecular formula is C11H14N2O4. The molecule has 1 heterocycles. The highest BCUT2D eigenvalue weighted by Gasteiger charge is 2.20. The first kappa shape index (κ1) is 13.0. The predicted octanol–water partition coefficient (Wildman–Crippen LogP) is 0.427. The number of carbonyl (C=O) groups is 2. The molecule has 0 bridgehead atoms. The van der Waals surface area contributed by atoms with Gasteiger partial charge in [-0.05, 0) is 13.0 Å². The number of pyridine rings is 1. The quantitative estimate of drug-likeness (QED) is 0.726. The van der Waals surface area contributed by atoms with Crippen LogP contribution in [0, 0.1) is 5.92 Å². The molecule has 0 aromatic carbocycles. The lowest BCUT2D eigenvalue weighted by Crippen LogP contribution is -2.33. The molecule has 1 amide bonds. The number of aromatic nitrogens is 1. The summed E-state index contributed by atoms with van der Waals surface area (Å²) in [6.07, 6.45) is 1.57. The first-order valence-corrected chi connectivity index (χ1v) is 5.04. The molecule has 2 N–H and O–H groups in total. The molecule has 0 radical (unpaired) electrons. The minimum Gasteiger partial charge on any atom is -0.481 e. The van der Waals surface area contributed by atoms with Crippen LogP contribution >= 0.6 is 0 Å². The van der Waals surface area contributed by atoms with E-state index >= 15 is 0 Å². The molecule has 92 valence electrons. The van der Waals surface area contributed by atoms with Crippen molar-refractivity contribution in [3.05, 3.63) is 23.9 Å². The Morgan fingerprint density at radius 1 is 1.59 bits per heavy atom. The summed E-state index contributed by atoms with van der Waals surface area (Å²) in [5.74, 6) is -2.35. The summed E-state index contributed by atoms with van der Waals surface area (Å²) < 4.78 is 5.01. The number of methoxy groups -OCH3 is 1. The van der Waals surface area contributed by atoms with Crippen LogP contribution in [-0.2, 0) is 16.1 Å². The van der Waals surface area contributed by atoms with E-state index in [1.165, 1.54) is 14.0 Å². The van der Waals surface area contributed by atoms with Gasteiger partial charge in [0.2, 0.25) is 11.8 Å². The highest BCUT2D eigenvalue weighted by molar-refractivity contribution is 5.96. The molecular weight excluding hydrogens is 224 g/mol. The fourth-order valence-electron chi connectivity index (χ4n) is 1.19. The average molecular weight is 238 g/mol. The van der Waals surface area contributed by atoms with Crippen LogP contribution in [0.25, 0.3) is 0 Å². The lowest BCUT2D eigenvalue weighted by Gasteiger charge is -2.10. The Hall–Kier alpha value is -2.11. The third-order valence-corrected chi connectivity index (χ3v) is 2.26. The molecule has 0 aliphatic rings. The normalized spacial score (nSPS) is 11.6. The Bertz CT molecular complexity index is 420. The van der Waals surface area contributed by atoms with Crippen LogP contribution in [-0.4, -0.2) is 29.1 Å². The van der Waals surface area contributed by atoms with Gasteiger partial charge in [-0.15, -0.1) is 0 Å². The zero-order valence-electron chi connectivity index (χ0n) is 9.64. The second kappa shape index (κ2) is 5.83. The van der Waals surface area contributed by atoms with Crippen molar-refractivity contribution in [2.75, 3.05) is 7.11 Å². The zero-order valence-corrected chi connectivity index (χ0v) is 9.64. The van der Waals surface area contributed by atoms with Crippen molar-refractivity contribution < 1.29 is 19.4 Å². The average Bonchev–Trinajstić information content (AvgIpc) is 2.35. The Labute approximate surface area is 98.6 Å². The lowest BCUT2D eigenvalue weighted by molar-refractivity contribution is -0.146. The number of amides is 1. The van der Waals surface area contributed by atoms with Crippen LogP contribution in [0.3, 0.4) is 0 Å². The topological polar surface area (TPSA) is 88.5 Å². The SMILES string of the molecule is COc1ncccc1CNC(=O)C(C)C(=O)O.